The highest BCUT2D eigenvalue weighted by Gasteiger charge is 2.17. The Morgan fingerprint density at radius 2 is 2.38 bits per heavy atom. The summed E-state index contributed by atoms with van der Waals surface area (Å²) in [4.78, 5) is 23.3. The van der Waals surface area contributed by atoms with Gasteiger partial charge in [0.1, 0.15) is 5.01 Å². The minimum absolute atomic E-state index is 0.0528. The largest absolute Gasteiger partial charge is 0.356 e. The minimum atomic E-state index is 0.0528. The first-order chi connectivity index (χ1) is 11.7. The molecule has 1 saturated heterocycles. The molecule has 3 rings (SSSR count). The summed E-state index contributed by atoms with van der Waals surface area (Å²) in [5, 5.41) is 5.84. The van der Waals surface area contributed by atoms with E-state index in [0.29, 0.717) is 12.3 Å². The molecule has 0 radical (unpaired) electrons. The first-order valence-electron chi connectivity index (χ1n) is 8.52. The van der Waals surface area contributed by atoms with Crippen molar-refractivity contribution in [3.63, 3.8) is 0 Å². The highest BCUT2D eigenvalue weighted by Crippen LogP contribution is 2.21. The van der Waals surface area contributed by atoms with E-state index in [0.717, 1.165) is 35.9 Å². The normalized spacial score (nSPS) is 18.5. The van der Waals surface area contributed by atoms with Crippen LogP contribution >= 0.6 is 11.3 Å². The zero-order valence-corrected chi connectivity index (χ0v) is 14.9. The Hall–Kier alpha value is -1.79. The molecule has 2 aromatic rings. The summed E-state index contributed by atoms with van der Waals surface area (Å²) in [5.41, 5.74) is 1.67. The number of nitrogens with zero attached hydrogens (tertiary/aromatic N) is 3. The van der Waals surface area contributed by atoms with E-state index in [1.807, 2.05) is 23.6 Å². The smallest absolute Gasteiger partial charge is 0.226 e. The summed E-state index contributed by atoms with van der Waals surface area (Å²) in [5.74, 6) is 0.760. The van der Waals surface area contributed by atoms with E-state index >= 15 is 0 Å². The molecule has 1 aliphatic rings. The van der Waals surface area contributed by atoms with Gasteiger partial charge in [-0.2, -0.15) is 0 Å². The van der Waals surface area contributed by atoms with Crippen LogP contribution < -0.4 is 5.32 Å². The average molecular weight is 344 g/mol. The predicted molar refractivity (Wildman–Crippen MR) is 96.9 cm³/mol. The molecule has 1 fully saturated rings. The van der Waals surface area contributed by atoms with Gasteiger partial charge in [-0.05, 0) is 50.9 Å². The summed E-state index contributed by atoms with van der Waals surface area (Å²) >= 11 is 1.53. The number of nitrogens with one attached hydrogen (secondary N) is 1. The van der Waals surface area contributed by atoms with E-state index in [2.05, 4.69) is 27.2 Å². The second kappa shape index (κ2) is 8.35. The molecule has 24 heavy (non-hydrogen) atoms. The fourth-order valence-corrected chi connectivity index (χ4v) is 3.94. The molecule has 0 bridgehead atoms. The number of carbonyl (C=O) groups is 1. The predicted octanol–water partition coefficient (Wildman–Crippen LogP) is 2.60. The van der Waals surface area contributed by atoms with Crippen LogP contribution in [0.1, 0.15) is 25.0 Å². The van der Waals surface area contributed by atoms with Gasteiger partial charge in [0.05, 0.1) is 17.8 Å². The Bertz CT molecular complexity index is 658. The Labute approximate surface area is 147 Å². The van der Waals surface area contributed by atoms with Crippen LogP contribution in [-0.4, -0.2) is 47.5 Å². The number of likely N-dealkylation sites (tertiary alicyclic amines) is 1. The zero-order valence-electron chi connectivity index (χ0n) is 14.1. The molecule has 1 aliphatic heterocycles. The van der Waals surface area contributed by atoms with Crippen LogP contribution in [-0.2, 0) is 11.2 Å². The van der Waals surface area contributed by atoms with Crippen molar-refractivity contribution in [1.29, 1.82) is 0 Å². The van der Waals surface area contributed by atoms with E-state index in [9.17, 15) is 4.79 Å². The van der Waals surface area contributed by atoms with Gasteiger partial charge in [-0.1, -0.05) is 6.07 Å². The van der Waals surface area contributed by atoms with E-state index in [1.54, 1.807) is 6.20 Å². The fraction of sp³-hybridized carbons (Fsp3) is 0.500. The summed E-state index contributed by atoms with van der Waals surface area (Å²) in [6, 6.07) is 5.76. The monoisotopic (exact) mass is 344 g/mol. The van der Waals surface area contributed by atoms with Crippen molar-refractivity contribution in [1.82, 2.24) is 20.2 Å². The second-order valence-corrected chi connectivity index (χ2v) is 7.30. The number of aromatic nitrogens is 2. The molecule has 1 unspecified atom stereocenters. The summed E-state index contributed by atoms with van der Waals surface area (Å²) in [7, 11) is 2.17. The van der Waals surface area contributed by atoms with E-state index < -0.39 is 0 Å². The van der Waals surface area contributed by atoms with Gasteiger partial charge >= 0.3 is 0 Å². The highest BCUT2D eigenvalue weighted by molar-refractivity contribution is 7.13. The van der Waals surface area contributed by atoms with Crippen molar-refractivity contribution < 1.29 is 4.79 Å². The molecule has 0 saturated carbocycles. The highest BCUT2D eigenvalue weighted by atomic mass is 32.1. The molecule has 6 heteroatoms. The molecule has 1 amide bonds. The van der Waals surface area contributed by atoms with Crippen LogP contribution in [0.25, 0.3) is 10.7 Å². The van der Waals surface area contributed by atoms with E-state index in [4.69, 9.17) is 0 Å². The Morgan fingerprint density at radius 1 is 1.46 bits per heavy atom. The molecule has 1 atom stereocenters. The number of pyridine rings is 1. The van der Waals surface area contributed by atoms with Crippen LogP contribution in [0.5, 0.6) is 0 Å². The Balaban J connectivity index is 1.43. The van der Waals surface area contributed by atoms with Crippen molar-refractivity contribution in [2.45, 2.75) is 25.7 Å². The molecule has 0 aromatic carbocycles. The minimum Gasteiger partial charge on any atom is -0.356 e. The lowest BCUT2D eigenvalue weighted by Gasteiger charge is -2.29. The standard InChI is InChI=1S/C18H24N4OS/c1-22-10-4-5-14(12-22)7-9-20-17(23)11-15-13-24-18(21-15)16-6-2-3-8-19-16/h2-3,6,8,13-14H,4-5,7,9-12H2,1H3,(H,20,23). The van der Waals surface area contributed by atoms with Crippen molar-refractivity contribution in [3.8, 4) is 10.7 Å². The Morgan fingerprint density at radius 3 is 3.17 bits per heavy atom. The fourth-order valence-electron chi connectivity index (χ4n) is 3.15. The molecule has 0 aliphatic carbocycles. The number of amides is 1. The van der Waals surface area contributed by atoms with Gasteiger partial charge in [-0.15, -0.1) is 11.3 Å². The molecule has 2 aromatic heterocycles. The van der Waals surface area contributed by atoms with Crippen molar-refractivity contribution in [2.75, 3.05) is 26.7 Å². The van der Waals surface area contributed by atoms with Gasteiger partial charge in [-0.3, -0.25) is 9.78 Å². The van der Waals surface area contributed by atoms with E-state index in [-0.39, 0.29) is 5.91 Å². The van der Waals surface area contributed by atoms with Gasteiger partial charge in [0, 0.05) is 24.7 Å². The zero-order chi connectivity index (χ0) is 16.8. The quantitative estimate of drug-likeness (QED) is 0.875. The molecular weight excluding hydrogens is 320 g/mol. The second-order valence-electron chi connectivity index (χ2n) is 6.44. The van der Waals surface area contributed by atoms with E-state index in [1.165, 1.54) is 30.7 Å². The third kappa shape index (κ3) is 4.85. The SMILES string of the molecule is CN1CCCC(CCNC(=O)Cc2csc(-c3ccccn3)n2)C1. The lowest BCUT2D eigenvalue weighted by molar-refractivity contribution is -0.120. The number of carbonyl (C=O) groups excluding carboxylic acids is 1. The first-order valence-corrected chi connectivity index (χ1v) is 9.40. The van der Waals surface area contributed by atoms with Crippen molar-refractivity contribution >= 4 is 17.2 Å². The van der Waals surface area contributed by atoms with Gasteiger partial charge < -0.3 is 10.2 Å². The summed E-state index contributed by atoms with van der Waals surface area (Å²) < 4.78 is 0. The number of hydrogen-bond acceptors (Lipinski definition) is 5. The Kier molecular flexibility index (Phi) is 5.93. The maximum Gasteiger partial charge on any atom is 0.226 e. The van der Waals surface area contributed by atoms with Crippen LogP contribution in [0, 0.1) is 5.92 Å². The molecule has 3 heterocycles. The van der Waals surface area contributed by atoms with Gasteiger partial charge in [0.25, 0.3) is 0 Å². The summed E-state index contributed by atoms with van der Waals surface area (Å²) in [6.45, 7) is 3.11. The first kappa shape index (κ1) is 17.0. The number of hydrogen-bond donors (Lipinski definition) is 1. The topological polar surface area (TPSA) is 58.1 Å². The summed E-state index contributed by atoms with van der Waals surface area (Å²) in [6.07, 6.45) is 5.70. The maximum absolute atomic E-state index is 12.1. The van der Waals surface area contributed by atoms with Gasteiger partial charge in [0.15, 0.2) is 0 Å². The molecule has 5 nitrogen and oxygen atoms in total. The van der Waals surface area contributed by atoms with Crippen molar-refractivity contribution in [2.24, 2.45) is 5.92 Å². The van der Waals surface area contributed by atoms with Crippen LogP contribution in [0.3, 0.4) is 0 Å². The average Bonchev–Trinajstić information content (AvgIpc) is 3.04. The van der Waals surface area contributed by atoms with Gasteiger partial charge in [-0.25, -0.2) is 4.98 Å². The van der Waals surface area contributed by atoms with Gasteiger partial charge in [0.2, 0.25) is 5.91 Å². The van der Waals surface area contributed by atoms with Crippen LogP contribution in [0.15, 0.2) is 29.8 Å². The van der Waals surface area contributed by atoms with Crippen molar-refractivity contribution in [3.05, 3.63) is 35.5 Å². The number of thiazole rings is 1. The third-order valence-corrected chi connectivity index (χ3v) is 5.29. The molecule has 0 spiro atoms. The molecule has 1 N–H and O–H groups in total. The number of piperidine rings is 1. The van der Waals surface area contributed by atoms with Crippen LogP contribution in [0.2, 0.25) is 0 Å². The lowest BCUT2D eigenvalue weighted by Crippen LogP contribution is -2.34. The lowest BCUT2D eigenvalue weighted by atomic mass is 9.95. The molecule has 128 valence electrons. The molecular formula is C18H24N4OS. The third-order valence-electron chi connectivity index (χ3n) is 4.37. The maximum atomic E-state index is 12.1. The number of rotatable bonds is 6. The van der Waals surface area contributed by atoms with Crippen LogP contribution in [0.4, 0.5) is 0 Å².